The maximum Gasteiger partial charge on any atom is 0.246 e. The van der Waals surface area contributed by atoms with Gasteiger partial charge >= 0.3 is 0 Å². The molecule has 2 aliphatic rings. The molecule has 0 atom stereocenters. The molecule has 2 saturated heterocycles. The first kappa shape index (κ1) is 22.0. The van der Waals surface area contributed by atoms with Gasteiger partial charge in [-0.1, -0.05) is 0 Å². The molecular formula is C22H28FN3O4S. The first-order chi connectivity index (χ1) is 15.0. The van der Waals surface area contributed by atoms with E-state index in [2.05, 4.69) is 9.88 Å². The van der Waals surface area contributed by atoms with Crippen LogP contribution in [0.1, 0.15) is 25.7 Å². The second-order valence-electron chi connectivity index (χ2n) is 7.97. The molecule has 3 heterocycles. The van der Waals surface area contributed by atoms with Crippen LogP contribution in [0.5, 0.6) is 11.5 Å². The molecule has 2 aromatic rings. The number of halogens is 1. The summed E-state index contributed by atoms with van der Waals surface area (Å²) >= 11 is 0. The SMILES string of the molecule is COc1ccc(F)cc1S(=O)(=O)N1CCC(N2CCC(Oc3ccncc3)CC2)CC1. The van der Waals surface area contributed by atoms with Gasteiger partial charge < -0.3 is 14.4 Å². The molecule has 0 spiro atoms. The summed E-state index contributed by atoms with van der Waals surface area (Å²) in [6, 6.07) is 7.68. The Labute approximate surface area is 182 Å². The van der Waals surface area contributed by atoms with Gasteiger partial charge in [0.25, 0.3) is 0 Å². The standard InChI is InChI=1S/C22H28FN3O4S/c1-29-21-3-2-17(23)16-22(21)31(27,28)26-14-6-18(7-15-26)25-12-8-20(9-13-25)30-19-4-10-24-11-5-19/h2-5,10-11,16,18,20H,6-9,12-15H2,1H3. The van der Waals surface area contributed by atoms with Crippen LogP contribution >= 0.6 is 0 Å². The van der Waals surface area contributed by atoms with Gasteiger partial charge in [-0.25, -0.2) is 12.8 Å². The number of pyridine rings is 1. The minimum atomic E-state index is -3.80. The topological polar surface area (TPSA) is 72.0 Å². The summed E-state index contributed by atoms with van der Waals surface area (Å²) in [5, 5.41) is 0. The van der Waals surface area contributed by atoms with Gasteiger partial charge in [0.2, 0.25) is 10.0 Å². The molecule has 31 heavy (non-hydrogen) atoms. The van der Waals surface area contributed by atoms with Crippen LogP contribution in [-0.4, -0.2) is 68.0 Å². The number of sulfonamides is 1. The summed E-state index contributed by atoms with van der Waals surface area (Å²) in [6.45, 7) is 2.70. The predicted molar refractivity (Wildman–Crippen MR) is 114 cm³/mol. The van der Waals surface area contributed by atoms with Gasteiger partial charge in [0.05, 0.1) is 7.11 Å². The third-order valence-corrected chi connectivity index (χ3v) is 8.03. The average Bonchev–Trinajstić information content (AvgIpc) is 2.80. The van der Waals surface area contributed by atoms with Crippen LogP contribution in [0.15, 0.2) is 47.6 Å². The van der Waals surface area contributed by atoms with Crippen LogP contribution < -0.4 is 9.47 Å². The van der Waals surface area contributed by atoms with Crippen LogP contribution in [0.25, 0.3) is 0 Å². The largest absolute Gasteiger partial charge is 0.495 e. The Balaban J connectivity index is 1.32. The number of piperidine rings is 2. The number of ether oxygens (including phenoxy) is 2. The lowest BCUT2D eigenvalue weighted by Gasteiger charge is -2.41. The fourth-order valence-corrected chi connectivity index (χ4v) is 6.04. The predicted octanol–water partition coefficient (Wildman–Crippen LogP) is 2.93. The van der Waals surface area contributed by atoms with Crippen molar-refractivity contribution < 1.29 is 22.3 Å². The molecule has 9 heteroatoms. The second-order valence-corrected chi connectivity index (χ2v) is 9.87. The van der Waals surface area contributed by atoms with Crippen LogP contribution in [0.4, 0.5) is 4.39 Å². The van der Waals surface area contributed by atoms with Crippen LogP contribution in [-0.2, 0) is 10.0 Å². The lowest BCUT2D eigenvalue weighted by molar-refractivity contribution is 0.0585. The summed E-state index contributed by atoms with van der Waals surface area (Å²) in [4.78, 5) is 6.34. The third-order valence-electron chi connectivity index (χ3n) is 6.11. The molecule has 2 aliphatic heterocycles. The lowest BCUT2D eigenvalue weighted by atomic mass is 10.00. The molecule has 0 N–H and O–H groups in total. The fourth-order valence-electron chi connectivity index (χ4n) is 4.41. The van der Waals surface area contributed by atoms with Gasteiger partial charge in [-0.05, 0) is 56.0 Å². The van der Waals surface area contributed by atoms with Crippen LogP contribution in [0.2, 0.25) is 0 Å². The highest BCUT2D eigenvalue weighted by atomic mass is 32.2. The summed E-state index contributed by atoms with van der Waals surface area (Å²) in [5.74, 6) is 0.422. The summed E-state index contributed by atoms with van der Waals surface area (Å²) in [7, 11) is -2.41. The van der Waals surface area contributed by atoms with Gasteiger partial charge in [-0.15, -0.1) is 0 Å². The van der Waals surface area contributed by atoms with Gasteiger partial charge in [0.15, 0.2) is 0 Å². The first-order valence-corrected chi connectivity index (χ1v) is 12.1. The van der Waals surface area contributed by atoms with E-state index in [1.807, 2.05) is 12.1 Å². The Morgan fingerprint density at radius 1 is 1.00 bits per heavy atom. The number of nitrogens with zero attached hydrogens (tertiary/aromatic N) is 3. The van der Waals surface area contributed by atoms with Crippen LogP contribution in [0, 0.1) is 5.82 Å². The van der Waals surface area contributed by atoms with E-state index in [1.54, 1.807) is 12.4 Å². The van der Waals surface area contributed by atoms with Gasteiger partial charge in [0, 0.05) is 44.6 Å². The minimum absolute atomic E-state index is 0.109. The highest BCUT2D eigenvalue weighted by Gasteiger charge is 2.34. The van der Waals surface area contributed by atoms with Gasteiger partial charge in [-0.2, -0.15) is 4.31 Å². The molecule has 0 amide bonds. The van der Waals surface area contributed by atoms with E-state index in [-0.39, 0.29) is 16.7 Å². The molecule has 1 aromatic carbocycles. The van der Waals surface area contributed by atoms with E-state index < -0.39 is 15.8 Å². The Morgan fingerprint density at radius 2 is 1.68 bits per heavy atom. The zero-order valence-electron chi connectivity index (χ0n) is 17.6. The molecule has 0 radical (unpaired) electrons. The molecule has 0 saturated carbocycles. The number of benzene rings is 1. The summed E-state index contributed by atoms with van der Waals surface area (Å²) < 4.78 is 52.5. The maximum atomic E-state index is 13.7. The number of methoxy groups -OCH3 is 1. The van der Waals surface area contributed by atoms with E-state index in [4.69, 9.17) is 9.47 Å². The Hall–Kier alpha value is -2.23. The van der Waals surface area contributed by atoms with E-state index >= 15 is 0 Å². The lowest BCUT2D eigenvalue weighted by Crippen LogP contribution is -2.50. The second kappa shape index (κ2) is 9.50. The van der Waals surface area contributed by atoms with Crippen molar-refractivity contribution in [1.82, 2.24) is 14.2 Å². The van der Waals surface area contributed by atoms with E-state index in [1.165, 1.54) is 23.5 Å². The first-order valence-electron chi connectivity index (χ1n) is 10.6. The number of rotatable bonds is 6. The summed E-state index contributed by atoms with van der Waals surface area (Å²) in [5.41, 5.74) is 0. The molecule has 0 unspecified atom stereocenters. The smallest absolute Gasteiger partial charge is 0.246 e. The van der Waals surface area contributed by atoms with Crippen molar-refractivity contribution in [3.05, 3.63) is 48.5 Å². The molecule has 168 valence electrons. The molecule has 0 aliphatic carbocycles. The third kappa shape index (κ3) is 4.99. The van der Waals surface area contributed by atoms with Crippen molar-refractivity contribution >= 4 is 10.0 Å². The monoisotopic (exact) mass is 449 g/mol. The maximum absolute atomic E-state index is 13.7. The summed E-state index contributed by atoms with van der Waals surface area (Å²) in [6.07, 6.45) is 7.05. The molecule has 0 bridgehead atoms. The zero-order valence-corrected chi connectivity index (χ0v) is 18.4. The van der Waals surface area contributed by atoms with Gasteiger partial charge in [-0.3, -0.25) is 4.98 Å². The highest BCUT2D eigenvalue weighted by Crippen LogP contribution is 2.31. The van der Waals surface area contributed by atoms with Crippen molar-refractivity contribution in [3.8, 4) is 11.5 Å². The molecule has 1 aromatic heterocycles. The molecular weight excluding hydrogens is 421 g/mol. The number of hydrogen-bond acceptors (Lipinski definition) is 6. The molecule has 7 nitrogen and oxygen atoms in total. The van der Waals surface area contributed by atoms with Gasteiger partial charge in [0.1, 0.15) is 28.3 Å². The van der Waals surface area contributed by atoms with Crippen molar-refractivity contribution in [2.45, 2.75) is 42.7 Å². The van der Waals surface area contributed by atoms with Crippen molar-refractivity contribution in [3.63, 3.8) is 0 Å². The Morgan fingerprint density at radius 3 is 2.32 bits per heavy atom. The van der Waals surface area contributed by atoms with E-state index in [9.17, 15) is 12.8 Å². The molecule has 2 fully saturated rings. The van der Waals surface area contributed by atoms with E-state index in [0.717, 1.165) is 50.6 Å². The fraction of sp³-hybridized carbons (Fsp3) is 0.500. The normalized spacial score (nSPS) is 19.9. The minimum Gasteiger partial charge on any atom is -0.495 e. The average molecular weight is 450 g/mol. The van der Waals surface area contributed by atoms with Crippen molar-refractivity contribution in [1.29, 1.82) is 0 Å². The Bertz CT molecular complexity index is 974. The molecule has 4 rings (SSSR count). The number of likely N-dealkylation sites (tertiary alicyclic amines) is 1. The quantitative estimate of drug-likeness (QED) is 0.675. The highest BCUT2D eigenvalue weighted by molar-refractivity contribution is 7.89. The van der Waals surface area contributed by atoms with Crippen LogP contribution in [0.3, 0.4) is 0 Å². The van der Waals surface area contributed by atoms with Crippen molar-refractivity contribution in [2.75, 3.05) is 33.3 Å². The number of hydrogen-bond donors (Lipinski definition) is 0. The number of aromatic nitrogens is 1. The Kier molecular flexibility index (Phi) is 6.74. The van der Waals surface area contributed by atoms with E-state index in [0.29, 0.717) is 19.1 Å². The van der Waals surface area contributed by atoms with Crippen molar-refractivity contribution in [2.24, 2.45) is 0 Å². The zero-order chi connectivity index (χ0) is 21.8.